The lowest BCUT2D eigenvalue weighted by atomic mass is 10.1. The van der Waals surface area contributed by atoms with E-state index < -0.39 is 23.6 Å². The largest absolute Gasteiger partial charge is 0.497 e. The number of halogens is 2. The highest BCUT2D eigenvalue weighted by molar-refractivity contribution is 6.02. The predicted octanol–water partition coefficient (Wildman–Crippen LogP) is 2.92. The average Bonchev–Trinajstić information content (AvgIpc) is 3.26. The first kappa shape index (κ1) is 18.9. The second kappa shape index (κ2) is 7.54. The van der Waals surface area contributed by atoms with Crippen LogP contribution in [-0.4, -0.2) is 36.5 Å². The summed E-state index contributed by atoms with van der Waals surface area (Å²) in [5.41, 5.74) is 1.25. The molecular weight excluding hydrogens is 380 g/mol. The lowest BCUT2D eigenvalue weighted by Gasteiger charge is -2.18. The minimum atomic E-state index is -0.818. The highest BCUT2D eigenvalue weighted by atomic mass is 19.1. The summed E-state index contributed by atoms with van der Waals surface area (Å²) in [5.74, 6) is -1.81. The van der Waals surface area contributed by atoms with Gasteiger partial charge in [0.15, 0.2) is 0 Å². The van der Waals surface area contributed by atoms with Crippen molar-refractivity contribution in [3.8, 4) is 5.75 Å². The first-order chi connectivity index (χ1) is 14.0. The third-order valence-corrected chi connectivity index (χ3v) is 5.07. The summed E-state index contributed by atoms with van der Waals surface area (Å²) in [6, 6.07) is 8.13. The summed E-state index contributed by atoms with van der Waals surface area (Å²) < 4.78 is 33.2. The minimum absolute atomic E-state index is 0.0605. The molecule has 1 aliphatic rings. The topological polar surface area (TPSA) is 74.4 Å². The van der Waals surface area contributed by atoms with Crippen LogP contribution < -0.4 is 15.0 Å². The number of aromatic nitrogens is 1. The van der Waals surface area contributed by atoms with E-state index in [0.717, 1.165) is 33.5 Å². The molecule has 2 aromatic carbocycles. The molecule has 1 atom stereocenters. The van der Waals surface area contributed by atoms with Crippen molar-refractivity contribution in [1.29, 1.82) is 0 Å². The van der Waals surface area contributed by atoms with Crippen LogP contribution in [0.15, 0.2) is 42.6 Å². The fourth-order valence-corrected chi connectivity index (χ4v) is 3.63. The van der Waals surface area contributed by atoms with Crippen LogP contribution in [0.1, 0.15) is 12.0 Å². The average molecular weight is 399 g/mol. The zero-order chi connectivity index (χ0) is 20.5. The summed E-state index contributed by atoms with van der Waals surface area (Å²) in [6.07, 6.45) is 2.08. The summed E-state index contributed by atoms with van der Waals surface area (Å²) >= 11 is 0. The van der Waals surface area contributed by atoms with Crippen LogP contribution in [0.4, 0.5) is 14.5 Å². The molecule has 1 unspecified atom stereocenters. The summed E-state index contributed by atoms with van der Waals surface area (Å²) in [5, 5.41) is 3.53. The Bertz CT molecular complexity index is 1080. The first-order valence-corrected chi connectivity index (χ1v) is 9.16. The number of benzene rings is 2. The van der Waals surface area contributed by atoms with E-state index >= 15 is 0 Å². The van der Waals surface area contributed by atoms with Crippen LogP contribution >= 0.6 is 0 Å². The van der Waals surface area contributed by atoms with E-state index in [1.807, 2.05) is 18.2 Å². The second-order valence-electron chi connectivity index (χ2n) is 6.87. The van der Waals surface area contributed by atoms with Crippen molar-refractivity contribution < 1.29 is 23.1 Å². The first-order valence-electron chi connectivity index (χ1n) is 9.16. The van der Waals surface area contributed by atoms with Gasteiger partial charge in [-0.25, -0.2) is 8.78 Å². The van der Waals surface area contributed by atoms with E-state index in [-0.39, 0.29) is 31.0 Å². The Balaban J connectivity index is 1.46. The lowest BCUT2D eigenvalue weighted by Crippen LogP contribution is -2.42. The highest BCUT2D eigenvalue weighted by Crippen LogP contribution is 2.28. The molecule has 0 saturated carbocycles. The number of rotatable bonds is 5. The number of ether oxygens (including phenoxy) is 1. The number of methoxy groups -OCH3 is 1. The molecule has 2 amide bonds. The number of aromatic amines is 1. The summed E-state index contributed by atoms with van der Waals surface area (Å²) in [4.78, 5) is 29.3. The number of para-hydroxylation sites is 1. The third kappa shape index (κ3) is 3.53. The van der Waals surface area contributed by atoms with Gasteiger partial charge in [0.25, 0.3) is 0 Å². The van der Waals surface area contributed by atoms with Gasteiger partial charge in [0, 0.05) is 23.6 Å². The van der Waals surface area contributed by atoms with Crippen LogP contribution in [0.25, 0.3) is 10.9 Å². The van der Waals surface area contributed by atoms with Crippen molar-refractivity contribution in [2.24, 2.45) is 0 Å². The Morgan fingerprint density at radius 2 is 2.03 bits per heavy atom. The van der Waals surface area contributed by atoms with Crippen molar-refractivity contribution in [2.45, 2.75) is 18.9 Å². The molecule has 6 nitrogen and oxygen atoms in total. The molecule has 0 radical (unpaired) electrons. The second-order valence-corrected chi connectivity index (χ2v) is 6.87. The van der Waals surface area contributed by atoms with E-state index in [9.17, 15) is 18.4 Å². The Morgan fingerprint density at radius 3 is 2.76 bits per heavy atom. The number of amides is 2. The number of fused-ring (bicyclic) bond motifs is 1. The van der Waals surface area contributed by atoms with Crippen molar-refractivity contribution in [1.82, 2.24) is 10.3 Å². The molecule has 1 aromatic heterocycles. The SMILES string of the molecule is COc1ccc2[nH]cc(CC(=O)NC3CCN(c4c(F)cccc4F)C3=O)c2c1. The predicted molar refractivity (Wildman–Crippen MR) is 104 cm³/mol. The van der Waals surface area contributed by atoms with Gasteiger partial charge in [-0.05, 0) is 42.3 Å². The van der Waals surface area contributed by atoms with Crippen LogP contribution in [0.2, 0.25) is 0 Å². The molecule has 2 N–H and O–H groups in total. The van der Waals surface area contributed by atoms with Gasteiger partial charge in [0.05, 0.1) is 13.5 Å². The van der Waals surface area contributed by atoms with Crippen LogP contribution in [-0.2, 0) is 16.0 Å². The van der Waals surface area contributed by atoms with E-state index in [2.05, 4.69) is 10.3 Å². The Morgan fingerprint density at radius 1 is 1.28 bits per heavy atom. The minimum Gasteiger partial charge on any atom is -0.497 e. The molecule has 0 bridgehead atoms. The Labute approximate surface area is 165 Å². The number of carbonyl (C=O) groups is 2. The lowest BCUT2D eigenvalue weighted by molar-refractivity contribution is -0.126. The molecular formula is C21H19F2N3O3. The number of anilines is 1. The van der Waals surface area contributed by atoms with Gasteiger partial charge in [0.1, 0.15) is 29.1 Å². The number of H-pyrrole nitrogens is 1. The molecule has 3 aromatic rings. The number of hydrogen-bond acceptors (Lipinski definition) is 3. The molecule has 29 heavy (non-hydrogen) atoms. The van der Waals surface area contributed by atoms with Crippen molar-refractivity contribution >= 4 is 28.4 Å². The highest BCUT2D eigenvalue weighted by Gasteiger charge is 2.36. The van der Waals surface area contributed by atoms with Crippen molar-refractivity contribution in [3.05, 3.63) is 59.8 Å². The van der Waals surface area contributed by atoms with Crippen molar-refractivity contribution in [2.75, 3.05) is 18.6 Å². The number of nitrogens with one attached hydrogen (secondary N) is 2. The quantitative estimate of drug-likeness (QED) is 0.693. The van der Waals surface area contributed by atoms with Gasteiger partial charge in [-0.1, -0.05) is 6.07 Å². The molecule has 4 rings (SSSR count). The van der Waals surface area contributed by atoms with Gasteiger partial charge >= 0.3 is 0 Å². The van der Waals surface area contributed by atoms with Gasteiger partial charge in [-0.15, -0.1) is 0 Å². The molecule has 1 saturated heterocycles. The fourth-order valence-electron chi connectivity index (χ4n) is 3.63. The smallest absolute Gasteiger partial charge is 0.249 e. The molecule has 8 heteroatoms. The maximum Gasteiger partial charge on any atom is 0.249 e. The number of hydrogen-bond donors (Lipinski definition) is 2. The number of nitrogens with zero attached hydrogens (tertiary/aromatic N) is 1. The molecule has 1 fully saturated rings. The Kier molecular flexibility index (Phi) is 4.92. The molecule has 150 valence electrons. The fraction of sp³-hybridized carbons (Fsp3) is 0.238. The Hall–Kier alpha value is -3.42. The third-order valence-electron chi connectivity index (χ3n) is 5.07. The van der Waals surface area contributed by atoms with E-state index in [1.54, 1.807) is 13.3 Å². The van der Waals surface area contributed by atoms with Gasteiger partial charge < -0.3 is 19.9 Å². The molecule has 1 aliphatic heterocycles. The molecule has 2 heterocycles. The van der Waals surface area contributed by atoms with Crippen LogP contribution in [0, 0.1) is 11.6 Å². The summed E-state index contributed by atoms with van der Waals surface area (Å²) in [7, 11) is 1.57. The standard InChI is InChI=1S/C21H19F2N3O3/c1-29-13-5-6-17-14(10-13)12(11-24-17)9-19(27)25-18-7-8-26(21(18)28)20-15(22)3-2-4-16(20)23/h2-6,10-11,18,24H,7-9H2,1H3,(H,25,27). The van der Waals surface area contributed by atoms with Gasteiger partial charge in [0.2, 0.25) is 11.8 Å². The maximum atomic E-state index is 14.0. The van der Waals surface area contributed by atoms with E-state index in [0.29, 0.717) is 5.75 Å². The molecule has 0 aliphatic carbocycles. The van der Waals surface area contributed by atoms with E-state index in [1.165, 1.54) is 6.07 Å². The summed E-state index contributed by atoms with van der Waals surface area (Å²) in [6.45, 7) is 0.131. The van der Waals surface area contributed by atoms with E-state index in [4.69, 9.17) is 4.74 Å². The van der Waals surface area contributed by atoms with Gasteiger partial charge in [-0.2, -0.15) is 0 Å². The zero-order valence-corrected chi connectivity index (χ0v) is 15.7. The number of carbonyl (C=O) groups excluding carboxylic acids is 2. The monoisotopic (exact) mass is 399 g/mol. The molecule has 0 spiro atoms. The zero-order valence-electron chi connectivity index (χ0n) is 15.7. The van der Waals surface area contributed by atoms with Crippen molar-refractivity contribution in [3.63, 3.8) is 0 Å². The van der Waals surface area contributed by atoms with Gasteiger partial charge in [-0.3, -0.25) is 9.59 Å². The normalized spacial score (nSPS) is 16.4. The van der Waals surface area contributed by atoms with Crippen LogP contribution in [0.3, 0.4) is 0 Å². The maximum absolute atomic E-state index is 14.0. The van der Waals surface area contributed by atoms with Crippen LogP contribution in [0.5, 0.6) is 5.75 Å².